The molecule has 0 spiro atoms. The van der Waals surface area contributed by atoms with Gasteiger partial charge in [0, 0.05) is 31.9 Å². The summed E-state index contributed by atoms with van der Waals surface area (Å²) in [6, 6.07) is 19.3. The van der Waals surface area contributed by atoms with Crippen LogP contribution in [0.2, 0.25) is 0 Å². The van der Waals surface area contributed by atoms with Crippen LogP contribution in [0.5, 0.6) is 0 Å². The highest BCUT2D eigenvalue weighted by atomic mass is 32.1. The molecule has 1 amide bonds. The fourth-order valence-electron chi connectivity index (χ4n) is 4.56. The summed E-state index contributed by atoms with van der Waals surface area (Å²) in [6.07, 6.45) is 7.87. The van der Waals surface area contributed by atoms with Gasteiger partial charge in [0.2, 0.25) is 0 Å². The third-order valence-electron chi connectivity index (χ3n) is 6.39. The van der Waals surface area contributed by atoms with E-state index in [0.29, 0.717) is 11.4 Å². The Bertz CT molecular complexity index is 1020. The Morgan fingerprint density at radius 1 is 0.909 bits per heavy atom. The molecule has 3 aromatic rings. The molecule has 0 saturated carbocycles. The number of aromatic nitrogens is 2. The summed E-state index contributed by atoms with van der Waals surface area (Å²) in [5, 5.41) is 4.18. The molecule has 0 N–H and O–H groups in total. The molecule has 0 unspecified atom stereocenters. The molecule has 5 nitrogen and oxygen atoms in total. The first-order valence-electron chi connectivity index (χ1n) is 12.2. The number of carbonyl (C=O) groups excluding carboxylic acids is 1. The van der Waals surface area contributed by atoms with Crippen molar-refractivity contribution in [1.29, 1.82) is 0 Å². The zero-order chi connectivity index (χ0) is 22.9. The third kappa shape index (κ3) is 6.20. The lowest BCUT2D eigenvalue weighted by Gasteiger charge is -2.30. The van der Waals surface area contributed by atoms with Gasteiger partial charge in [0.05, 0.1) is 5.69 Å². The van der Waals surface area contributed by atoms with Crippen LogP contribution >= 0.6 is 11.5 Å². The number of amides is 1. The molecular weight excluding hydrogens is 428 g/mol. The van der Waals surface area contributed by atoms with E-state index < -0.39 is 0 Å². The predicted molar refractivity (Wildman–Crippen MR) is 136 cm³/mol. The minimum atomic E-state index is 0.0705. The molecule has 2 aromatic carbocycles. The quantitative estimate of drug-likeness (QED) is 0.470. The van der Waals surface area contributed by atoms with Gasteiger partial charge in [0.25, 0.3) is 5.91 Å². The normalized spacial score (nSPS) is 15.8. The summed E-state index contributed by atoms with van der Waals surface area (Å²) in [5.41, 5.74) is 4.56. The van der Waals surface area contributed by atoms with Crippen LogP contribution < -0.4 is 4.90 Å². The molecule has 6 heteroatoms. The van der Waals surface area contributed by atoms with Crippen molar-refractivity contribution in [3.8, 4) is 0 Å². The van der Waals surface area contributed by atoms with Gasteiger partial charge in [-0.2, -0.15) is 0 Å². The second-order valence-corrected chi connectivity index (χ2v) is 9.54. The van der Waals surface area contributed by atoms with Crippen LogP contribution in [0, 0.1) is 0 Å². The molecule has 0 bridgehead atoms. The molecule has 4 rings (SSSR count). The van der Waals surface area contributed by atoms with Gasteiger partial charge in [-0.3, -0.25) is 4.79 Å². The number of fused-ring (bicyclic) bond motifs is 1. The van der Waals surface area contributed by atoms with Crippen molar-refractivity contribution in [3.05, 3.63) is 76.3 Å². The minimum absolute atomic E-state index is 0.0705. The average molecular weight is 463 g/mol. The van der Waals surface area contributed by atoms with E-state index in [0.717, 1.165) is 38.2 Å². The summed E-state index contributed by atoms with van der Waals surface area (Å²) in [4.78, 5) is 18.8. The summed E-state index contributed by atoms with van der Waals surface area (Å²) in [5.74, 6) is 0.0705. The van der Waals surface area contributed by atoms with E-state index in [1.165, 1.54) is 60.5 Å². The number of nitrogens with zero attached hydrogens (tertiary/aromatic N) is 4. The van der Waals surface area contributed by atoms with E-state index in [9.17, 15) is 4.79 Å². The Morgan fingerprint density at radius 2 is 1.61 bits per heavy atom. The van der Waals surface area contributed by atoms with Crippen molar-refractivity contribution in [2.24, 2.45) is 0 Å². The van der Waals surface area contributed by atoms with Crippen LogP contribution in [0.3, 0.4) is 0 Å². The Kier molecular flexibility index (Phi) is 8.47. The first kappa shape index (κ1) is 23.4. The van der Waals surface area contributed by atoms with Crippen molar-refractivity contribution in [1.82, 2.24) is 14.5 Å². The zero-order valence-electron chi connectivity index (χ0n) is 19.6. The van der Waals surface area contributed by atoms with Crippen LogP contribution in [0.1, 0.15) is 71.9 Å². The number of carbonyl (C=O) groups is 1. The number of hydrogen-bond donors (Lipinski definition) is 0. The van der Waals surface area contributed by atoms with Gasteiger partial charge in [-0.05, 0) is 48.0 Å². The maximum Gasteiger partial charge on any atom is 0.267 e. The topological polar surface area (TPSA) is 49.3 Å². The molecule has 174 valence electrons. The fourth-order valence-corrected chi connectivity index (χ4v) is 5.28. The minimum Gasteiger partial charge on any atom is -0.367 e. The maximum atomic E-state index is 13.6. The number of aryl methyl sites for hydroxylation is 1. The van der Waals surface area contributed by atoms with E-state index in [-0.39, 0.29) is 5.91 Å². The van der Waals surface area contributed by atoms with E-state index in [4.69, 9.17) is 0 Å². The summed E-state index contributed by atoms with van der Waals surface area (Å²) < 4.78 is 4.06. The first-order valence-corrected chi connectivity index (χ1v) is 13.0. The first-order chi connectivity index (χ1) is 16.3. The highest BCUT2D eigenvalue weighted by Gasteiger charge is 2.23. The molecule has 0 fully saturated rings. The Labute approximate surface area is 201 Å². The van der Waals surface area contributed by atoms with Crippen LogP contribution in [0.15, 0.2) is 54.6 Å². The molecule has 0 atom stereocenters. The van der Waals surface area contributed by atoms with Gasteiger partial charge < -0.3 is 9.80 Å². The van der Waals surface area contributed by atoms with E-state index in [1.54, 1.807) is 0 Å². The van der Waals surface area contributed by atoms with Gasteiger partial charge in [0.1, 0.15) is 4.88 Å². The van der Waals surface area contributed by atoms with Crippen LogP contribution in [-0.4, -0.2) is 33.5 Å². The molecular formula is C27H34N4OS. The van der Waals surface area contributed by atoms with Crippen LogP contribution in [-0.2, 0) is 19.5 Å². The molecule has 1 aromatic heterocycles. The van der Waals surface area contributed by atoms with Gasteiger partial charge in [-0.1, -0.05) is 85.6 Å². The van der Waals surface area contributed by atoms with Crippen molar-refractivity contribution >= 4 is 23.1 Å². The summed E-state index contributed by atoms with van der Waals surface area (Å²) >= 11 is 1.23. The lowest BCUT2D eigenvalue weighted by Crippen LogP contribution is -2.33. The maximum absolute atomic E-state index is 13.6. The Morgan fingerprint density at radius 3 is 2.39 bits per heavy atom. The monoisotopic (exact) mass is 462 g/mol. The molecule has 0 radical (unpaired) electrons. The molecule has 1 aliphatic heterocycles. The standard InChI is InChI=1S/C27H34N4OS/c1-2-24-26(33-29-28-24)27(32)31-19-13-6-4-3-5-12-18-30(20-22-14-8-7-9-15-22)25-17-11-10-16-23(25)21-31/h7-11,14-17H,2-6,12-13,18-21H2,1H3. The van der Waals surface area contributed by atoms with Crippen molar-refractivity contribution in [3.63, 3.8) is 0 Å². The van der Waals surface area contributed by atoms with Crippen LogP contribution in [0.25, 0.3) is 0 Å². The smallest absolute Gasteiger partial charge is 0.267 e. The molecule has 33 heavy (non-hydrogen) atoms. The number of benzene rings is 2. The van der Waals surface area contributed by atoms with Crippen molar-refractivity contribution in [2.45, 2.75) is 65.0 Å². The fraction of sp³-hybridized carbons (Fsp3) is 0.444. The zero-order valence-corrected chi connectivity index (χ0v) is 20.4. The number of hydrogen-bond acceptors (Lipinski definition) is 5. The van der Waals surface area contributed by atoms with Crippen molar-refractivity contribution in [2.75, 3.05) is 18.0 Å². The molecule has 0 saturated heterocycles. The van der Waals surface area contributed by atoms with Gasteiger partial charge >= 0.3 is 0 Å². The second-order valence-electron chi connectivity index (χ2n) is 8.79. The van der Waals surface area contributed by atoms with E-state index in [2.05, 4.69) is 69.1 Å². The second kappa shape index (κ2) is 11.9. The molecule has 2 heterocycles. The molecule has 1 aliphatic rings. The average Bonchev–Trinajstić information content (AvgIpc) is 3.33. The molecule has 0 aliphatic carbocycles. The van der Waals surface area contributed by atoms with E-state index in [1.807, 2.05) is 11.8 Å². The van der Waals surface area contributed by atoms with Gasteiger partial charge in [0.15, 0.2) is 0 Å². The number of rotatable bonds is 4. The predicted octanol–water partition coefficient (Wildman–Crippen LogP) is 6.10. The highest BCUT2D eigenvalue weighted by molar-refractivity contribution is 7.08. The third-order valence-corrected chi connectivity index (χ3v) is 7.14. The lowest BCUT2D eigenvalue weighted by atomic mass is 10.1. The van der Waals surface area contributed by atoms with Crippen LogP contribution in [0.4, 0.5) is 5.69 Å². The van der Waals surface area contributed by atoms with Gasteiger partial charge in [-0.15, -0.1) is 5.10 Å². The Balaban J connectivity index is 1.65. The summed E-state index contributed by atoms with van der Waals surface area (Å²) in [7, 11) is 0. The van der Waals surface area contributed by atoms with E-state index >= 15 is 0 Å². The highest BCUT2D eigenvalue weighted by Crippen LogP contribution is 2.27. The largest absolute Gasteiger partial charge is 0.367 e. The lowest BCUT2D eigenvalue weighted by molar-refractivity contribution is 0.0743. The summed E-state index contributed by atoms with van der Waals surface area (Å²) in [6.45, 7) is 5.32. The number of para-hydroxylation sites is 1. The van der Waals surface area contributed by atoms with Gasteiger partial charge in [-0.25, -0.2) is 0 Å². The number of anilines is 1. The van der Waals surface area contributed by atoms with Crippen molar-refractivity contribution < 1.29 is 4.79 Å². The Hall–Kier alpha value is -2.73. The SMILES string of the molecule is CCc1nnsc1C(=O)N1CCCCCCCCN(Cc2ccccc2)c2ccccc2C1.